The topological polar surface area (TPSA) is 63.1 Å². The largest absolute Gasteiger partial charge is 0.347 e. The first-order valence-electron chi connectivity index (χ1n) is 6.78. The number of aryl methyl sites for hydroxylation is 2. The Morgan fingerprint density at radius 2 is 1.77 bits per heavy atom. The normalized spacial score (nSPS) is 10.6. The molecule has 2 heterocycles. The van der Waals surface area contributed by atoms with Crippen LogP contribution in [0.4, 0.5) is 0 Å². The molecule has 0 aliphatic carbocycles. The van der Waals surface area contributed by atoms with Crippen molar-refractivity contribution < 1.29 is 9.59 Å². The van der Waals surface area contributed by atoms with Gasteiger partial charge in [-0.1, -0.05) is 18.2 Å². The van der Waals surface area contributed by atoms with E-state index in [4.69, 9.17) is 0 Å². The molecule has 0 bridgehead atoms. The van der Waals surface area contributed by atoms with Gasteiger partial charge in [-0.3, -0.25) is 20.4 Å². The molecule has 5 nitrogen and oxygen atoms in total. The molecule has 112 valence electrons. The fourth-order valence-corrected chi connectivity index (χ4v) is 3.43. The molecule has 0 atom stereocenters. The van der Waals surface area contributed by atoms with Crippen molar-refractivity contribution in [2.24, 2.45) is 7.05 Å². The van der Waals surface area contributed by atoms with Crippen LogP contribution in [0.5, 0.6) is 0 Å². The Morgan fingerprint density at radius 1 is 1.05 bits per heavy atom. The van der Waals surface area contributed by atoms with Gasteiger partial charge in [0.15, 0.2) is 0 Å². The zero-order chi connectivity index (χ0) is 15.7. The molecular weight excluding hydrogens is 298 g/mol. The lowest BCUT2D eigenvalue weighted by atomic mass is 10.1. The third-order valence-electron chi connectivity index (χ3n) is 3.52. The number of fused-ring (bicyclic) bond motifs is 1. The van der Waals surface area contributed by atoms with E-state index in [1.165, 1.54) is 11.3 Å². The van der Waals surface area contributed by atoms with Gasteiger partial charge in [0.25, 0.3) is 11.8 Å². The lowest BCUT2D eigenvalue weighted by Gasteiger charge is -2.07. The van der Waals surface area contributed by atoms with Crippen LogP contribution in [-0.2, 0) is 7.05 Å². The number of carbonyl (C=O) groups is 2. The first kappa shape index (κ1) is 14.3. The molecule has 0 saturated carbocycles. The minimum atomic E-state index is -0.348. The summed E-state index contributed by atoms with van der Waals surface area (Å²) in [6, 6.07) is 11.3. The van der Waals surface area contributed by atoms with Crippen molar-refractivity contribution in [2.45, 2.75) is 6.92 Å². The monoisotopic (exact) mass is 313 g/mol. The third-order valence-corrected chi connectivity index (χ3v) is 4.79. The predicted octanol–water partition coefficient (Wildman–Crippen LogP) is 2.62. The van der Waals surface area contributed by atoms with Crippen LogP contribution in [0.3, 0.4) is 0 Å². The van der Waals surface area contributed by atoms with Crippen molar-refractivity contribution in [3.63, 3.8) is 0 Å². The van der Waals surface area contributed by atoms with Gasteiger partial charge in [0.05, 0.1) is 4.88 Å². The van der Waals surface area contributed by atoms with Crippen LogP contribution in [0.2, 0.25) is 0 Å². The Hall–Kier alpha value is -2.60. The number of nitrogens with one attached hydrogen (secondary N) is 2. The van der Waals surface area contributed by atoms with Crippen molar-refractivity contribution >= 4 is 33.2 Å². The van der Waals surface area contributed by atoms with E-state index in [-0.39, 0.29) is 11.8 Å². The van der Waals surface area contributed by atoms with Crippen molar-refractivity contribution in [1.82, 2.24) is 15.4 Å². The highest BCUT2D eigenvalue weighted by atomic mass is 32.1. The number of hydrogen-bond donors (Lipinski definition) is 2. The lowest BCUT2D eigenvalue weighted by molar-refractivity contribution is 0.0844. The second-order valence-electron chi connectivity index (χ2n) is 4.96. The third kappa shape index (κ3) is 2.48. The van der Waals surface area contributed by atoms with E-state index in [0.717, 1.165) is 15.6 Å². The van der Waals surface area contributed by atoms with Gasteiger partial charge in [-0.2, -0.15) is 0 Å². The Balaban J connectivity index is 1.75. The highest BCUT2D eigenvalue weighted by molar-refractivity contribution is 7.21. The summed E-state index contributed by atoms with van der Waals surface area (Å²) < 4.78 is 2.74. The highest BCUT2D eigenvalue weighted by Gasteiger charge is 2.16. The number of thiophene rings is 1. The van der Waals surface area contributed by atoms with Crippen LogP contribution in [0.25, 0.3) is 10.1 Å². The maximum atomic E-state index is 12.3. The minimum Gasteiger partial charge on any atom is -0.347 e. The van der Waals surface area contributed by atoms with Gasteiger partial charge in [-0.25, -0.2) is 0 Å². The Bertz CT molecular complexity index is 863. The molecule has 2 amide bonds. The summed E-state index contributed by atoms with van der Waals surface area (Å²) in [4.78, 5) is 24.9. The average molecular weight is 313 g/mol. The summed E-state index contributed by atoms with van der Waals surface area (Å²) in [5.41, 5.74) is 6.32. The van der Waals surface area contributed by atoms with E-state index >= 15 is 0 Å². The summed E-state index contributed by atoms with van der Waals surface area (Å²) in [5.74, 6) is -0.652. The van der Waals surface area contributed by atoms with Gasteiger partial charge in [0, 0.05) is 17.9 Å². The first-order chi connectivity index (χ1) is 10.6. The van der Waals surface area contributed by atoms with E-state index in [2.05, 4.69) is 10.9 Å². The number of hydrazine groups is 1. The molecule has 0 saturated heterocycles. The number of aromatic nitrogens is 1. The SMILES string of the molecule is Cc1c(C(=O)NNC(=O)c2cccn2C)sc2ccccc12. The Morgan fingerprint density at radius 3 is 2.45 bits per heavy atom. The molecule has 2 aromatic heterocycles. The second kappa shape index (κ2) is 5.65. The summed E-state index contributed by atoms with van der Waals surface area (Å²) >= 11 is 1.42. The van der Waals surface area contributed by atoms with Crippen LogP contribution in [0, 0.1) is 6.92 Å². The minimum absolute atomic E-state index is 0.304. The standard InChI is InChI=1S/C16H15N3O2S/c1-10-11-6-3-4-8-13(11)22-14(10)16(21)18-17-15(20)12-7-5-9-19(12)2/h3-9H,1-2H3,(H,17,20)(H,18,21). The highest BCUT2D eigenvalue weighted by Crippen LogP contribution is 2.30. The summed E-state index contributed by atoms with van der Waals surface area (Å²) in [6.07, 6.45) is 1.77. The van der Waals surface area contributed by atoms with Gasteiger partial charge in [0.2, 0.25) is 0 Å². The van der Waals surface area contributed by atoms with Crippen LogP contribution in [0.1, 0.15) is 25.7 Å². The maximum absolute atomic E-state index is 12.3. The number of benzene rings is 1. The number of nitrogens with zero attached hydrogens (tertiary/aromatic N) is 1. The number of carbonyl (C=O) groups excluding carboxylic acids is 2. The van der Waals surface area contributed by atoms with E-state index in [0.29, 0.717) is 10.6 Å². The molecule has 0 unspecified atom stereocenters. The van der Waals surface area contributed by atoms with Gasteiger partial charge in [-0.05, 0) is 36.1 Å². The lowest BCUT2D eigenvalue weighted by Crippen LogP contribution is -2.42. The van der Waals surface area contributed by atoms with Crippen molar-refractivity contribution in [2.75, 3.05) is 0 Å². The molecule has 2 N–H and O–H groups in total. The number of rotatable bonds is 2. The van der Waals surface area contributed by atoms with Gasteiger partial charge < -0.3 is 4.57 Å². The average Bonchev–Trinajstić information content (AvgIpc) is 3.09. The Labute approximate surface area is 131 Å². The molecule has 0 aliphatic heterocycles. The van der Waals surface area contributed by atoms with Gasteiger partial charge >= 0.3 is 0 Å². The van der Waals surface area contributed by atoms with E-state index in [1.54, 1.807) is 29.9 Å². The molecule has 3 aromatic rings. The molecule has 0 fully saturated rings. The van der Waals surface area contributed by atoms with Crippen molar-refractivity contribution in [1.29, 1.82) is 0 Å². The van der Waals surface area contributed by atoms with Crippen molar-refractivity contribution in [3.8, 4) is 0 Å². The maximum Gasteiger partial charge on any atom is 0.286 e. The smallest absolute Gasteiger partial charge is 0.286 e. The van der Waals surface area contributed by atoms with Gasteiger partial charge in [-0.15, -0.1) is 11.3 Å². The second-order valence-corrected chi connectivity index (χ2v) is 6.02. The van der Waals surface area contributed by atoms with Crippen LogP contribution in [-0.4, -0.2) is 16.4 Å². The molecule has 3 rings (SSSR count). The zero-order valence-electron chi connectivity index (χ0n) is 12.2. The quantitative estimate of drug-likeness (QED) is 0.714. The van der Waals surface area contributed by atoms with Crippen molar-refractivity contribution in [3.05, 3.63) is 58.7 Å². The molecule has 6 heteroatoms. The van der Waals surface area contributed by atoms with Crippen LogP contribution in [0.15, 0.2) is 42.6 Å². The molecule has 1 aromatic carbocycles. The van der Waals surface area contributed by atoms with Crippen LogP contribution >= 0.6 is 11.3 Å². The molecule has 0 spiro atoms. The number of hydrogen-bond acceptors (Lipinski definition) is 3. The summed E-state index contributed by atoms with van der Waals surface area (Å²) in [6.45, 7) is 1.91. The number of amides is 2. The summed E-state index contributed by atoms with van der Waals surface area (Å²) in [5, 5.41) is 1.06. The van der Waals surface area contributed by atoms with Crippen LogP contribution < -0.4 is 10.9 Å². The fraction of sp³-hybridized carbons (Fsp3) is 0.125. The van der Waals surface area contributed by atoms with E-state index in [1.807, 2.05) is 31.2 Å². The molecule has 0 aliphatic rings. The van der Waals surface area contributed by atoms with E-state index in [9.17, 15) is 9.59 Å². The predicted molar refractivity (Wildman–Crippen MR) is 86.9 cm³/mol. The first-order valence-corrected chi connectivity index (χ1v) is 7.59. The van der Waals surface area contributed by atoms with Gasteiger partial charge in [0.1, 0.15) is 5.69 Å². The molecule has 22 heavy (non-hydrogen) atoms. The molecular formula is C16H15N3O2S. The fourth-order valence-electron chi connectivity index (χ4n) is 2.32. The molecule has 0 radical (unpaired) electrons. The summed E-state index contributed by atoms with van der Waals surface area (Å²) in [7, 11) is 1.77. The zero-order valence-corrected chi connectivity index (χ0v) is 13.0. The van der Waals surface area contributed by atoms with E-state index < -0.39 is 0 Å². The Kier molecular flexibility index (Phi) is 3.68.